The van der Waals surface area contributed by atoms with Crippen molar-refractivity contribution in [1.29, 1.82) is 0 Å². The molecule has 3 N–H and O–H groups in total. The molecule has 0 saturated heterocycles. The van der Waals surface area contributed by atoms with Crippen LogP contribution in [0, 0.1) is 0 Å². The van der Waals surface area contributed by atoms with Crippen LogP contribution in [-0.2, 0) is 4.74 Å². The number of aliphatic hydroxyl groups excluding tert-OH is 2. The van der Waals surface area contributed by atoms with E-state index in [0.29, 0.717) is 6.42 Å². The van der Waals surface area contributed by atoms with E-state index in [1.807, 2.05) is 24.3 Å². The zero-order chi connectivity index (χ0) is 17.9. The SMILES string of the molecule is CCC(CO)(CO)NC(=O)OCC1c2ccccc2-c2ccccc21. The number of aliphatic hydroxyl groups is 2. The van der Waals surface area contributed by atoms with Crippen LogP contribution < -0.4 is 5.32 Å². The second-order valence-electron chi connectivity index (χ2n) is 6.40. The molecule has 2 aromatic carbocycles. The van der Waals surface area contributed by atoms with Gasteiger partial charge in [-0.3, -0.25) is 0 Å². The summed E-state index contributed by atoms with van der Waals surface area (Å²) in [5.74, 6) is -0.0163. The molecule has 0 unspecified atom stereocenters. The molecular weight excluding hydrogens is 318 g/mol. The lowest BCUT2D eigenvalue weighted by molar-refractivity contribution is 0.0716. The van der Waals surface area contributed by atoms with Gasteiger partial charge in [-0.25, -0.2) is 4.79 Å². The summed E-state index contributed by atoms with van der Waals surface area (Å²) >= 11 is 0. The summed E-state index contributed by atoms with van der Waals surface area (Å²) in [5.41, 5.74) is 3.56. The second-order valence-corrected chi connectivity index (χ2v) is 6.40. The van der Waals surface area contributed by atoms with Crippen molar-refractivity contribution in [2.45, 2.75) is 24.8 Å². The fourth-order valence-corrected chi connectivity index (χ4v) is 3.29. The third-order valence-electron chi connectivity index (χ3n) is 4.99. The lowest BCUT2D eigenvalue weighted by atomic mass is 9.98. The van der Waals surface area contributed by atoms with E-state index in [-0.39, 0.29) is 25.7 Å². The molecule has 1 aliphatic carbocycles. The van der Waals surface area contributed by atoms with Gasteiger partial charge >= 0.3 is 6.09 Å². The fourth-order valence-electron chi connectivity index (χ4n) is 3.29. The summed E-state index contributed by atoms with van der Waals surface area (Å²) in [6, 6.07) is 16.2. The number of benzene rings is 2. The number of nitrogens with one attached hydrogen (secondary N) is 1. The van der Waals surface area contributed by atoms with Crippen LogP contribution in [0.1, 0.15) is 30.4 Å². The van der Waals surface area contributed by atoms with Crippen LogP contribution in [-0.4, -0.2) is 41.7 Å². The van der Waals surface area contributed by atoms with Crippen LogP contribution >= 0.6 is 0 Å². The van der Waals surface area contributed by atoms with Gasteiger partial charge in [0.15, 0.2) is 0 Å². The molecule has 0 aliphatic heterocycles. The van der Waals surface area contributed by atoms with E-state index < -0.39 is 11.6 Å². The lowest BCUT2D eigenvalue weighted by Crippen LogP contribution is -2.54. The molecule has 3 rings (SSSR count). The zero-order valence-corrected chi connectivity index (χ0v) is 14.2. The highest BCUT2D eigenvalue weighted by Gasteiger charge is 2.32. The Labute approximate surface area is 147 Å². The zero-order valence-electron chi connectivity index (χ0n) is 14.2. The highest BCUT2D eigenvalue weighted by Crippen LogP contribution is 2.44. The summed E-state index contributed by atoms with van der Waals surface area (Å²) in [4.78, 5) is 12.2. The number of fused-ring (bicyclic) bond motifs is 3. The normalized spacial score (nSPS) is 13.2. The molecule has 5 heteroatoms. The summed E-state index contributed by atoms with van der Waals surface area (Å²) in [6.45, 7) is 1.31. The van der Waals surface area contributed by atoms with Crippen molar-refractivity contribution in [2.75, 3.05) is 19.8 Å². The minimum atomic E-state index is -1.05. The predicted molar refractivity (Wildman–Crippen MR) is 95.4 cm³/mol. The standard InChI is InChI=1S/C20H23NO4/c1-2-20(12-22,13-23)21-19(24)25-11-18-16-9-5-3-7-14(16)15-8-4-6-10-17(15)18/h3-10,18,22-23H,2,11-13H2,1H3,(H,21,24). The average molecular weight is 341 g/mol. The van der Waals surface area contributed by atoms with E-state index in [1.165, 1.54) is 11.1 Å². The molecule has 0 atom stereocenters. The first-order valence-corrected chi connectivity index (χ1v) is 8.49. The Morgan fingerprint density at radius 2 is 1.56 bits per heavy atom. The molecule has 2 aromatic rings. The van der Waals surface area contributed by atoms with Gasteiger partial charge in [0.05, 0.1) is 18.8 Å². The first kappa shape index (κ1) is 17.5. The van der Waals surface area contributed by atoms with Crippen LogP contribution in [0.4, 0.5) is 4.79 Å². The van der Waals surface area contributed by atoms with E-state index in [1.54, 1.807) is 6.92 Å². The highest BCUT2D eigenvalue weighted by atomic mass is 16.5. The van der Waals surface area contributed by atoms with Crippen LogP contribution in [0.3, 0.4) is 0 Å². The Hall–Kier alpha value is -2.37. The van der Waals surface area contributed by atoms with Crippen LogP contribution in [0.15, 0.2) is 48.5 Å². The Kier molecular flexibility index (Phi) is 5.06. The molecule has 25 heavy (non-hydrogen) atoms. The number of carbonyl (C=O) groups is 1. The maximum Gasteiger partial charge on any atom is 0.407 e. The minimum Gasteiger partial charge on any atom is -0.449 e. The van der Waals surface area contributed by atoms with E-state index in [9.17, 15) is 15.0 Å². The third-order valence-corrected chi connectivity index (χ3v) is 4.99. The van der Waals surface area contributed by atoms with Gasteiger partial charge in [0.25, 0.3) is 0 Å². The molecule has 1 aliphatic rings. The van der Waals surface area contributed by atoms with Gasteiger partial charge in [-0.1, -0.05) is 55.5 Å². The molecule has 0 heterocycles. The Balaban J connectivity index is 1.74. The topological polar surface area (TPSA) is 78.8 Å². The van der Waals surface area contributed by atoms with Gasteiger partial charge in [0.1, 0.15) is 6.61 Å². The molecule has 0 spiro atoms. The van der Waals surface area contributed by atoms with Gasteiger partial charge < -0.3 is 20.3 Å². The summed E-state index contributed by atoms with van der Waals surface area (Å²) in [5, 5.41) is 21.5. The summed E-state index contributed by atoms with van der Waals surface area (Å²) in [6.07, 6.45) is -0.226. The first-order chi connectivity index (χ1) is 12.1. The van der Waals surface area contributed by atoms with Crippen molar-refractivity contribution in [1.82, 2.24) is 5.32 Å². The monoisotopic (exact) mass is 341 g/mol. The summed E-state index contributed by atoms with van der Waals surface area (Å²) < 4.78 is 5.43. The number of rotatable bonds is 6. The molecule has 132 valence electrons. The van der Waals surface area contributed by atoms with Crippen molar-refractivity contribution in [3.63, 3.8) is 0 Å². The van der Waals surface area contributed by atoms with Crippen molar-refractivity contribution in [3.05, 3.63) is 59.7 Å². The number of ether oxygens (including phenoxy) is 1. The quantitative estimate of drug-likeness (QED) is 0.755. The van der Waals surface area contributed by atoms with Crippen LogP contribution in [0.5, 0.6) is 0 Å². The Bertz CT molecular complexity index is 701. The summed E-state index contributed by atoms with van der Waals surface area (Å²) in [7, 11) is 0. The van der Waals surface area contributed by atoms with Gasteiger partial charge in [-0.2, -0.15) is 0 Å². The first-order valence-electron chi connectivity index (χ1n) is 8.49. The Morgan fingerprint density at radius 1 is 1.04 bits per heavy atom. The smallest absolute Gasteiger partial charge is 0.407 e. The van der Waals surface area contributed by atoms with E-state index in [2.05, 4.69) is 29.6 Å². The average Bonchev–Trinajstić information content (AvgIpc) is 2.98. The number of carbonyl (C=O) groups excluding carboxylic acids is 1. The van der Waals surface area contributed by atoms with Crippen molar-refractivity contribution in [2.24, 2.45) is 0 Å². The van der Waals surface area contributed by atoms with E-state index in [4.69, 9.17) is 4.74 Å². The molecule has 1 amide bonds. The fraction of sp³-hybridized carbons (Fsp3) is 0.350. The number of hydrogen-bond acceptors (Lipinski definition) is 4. The molecule has 5 nitrogen and oxygen atoms in total. The number of hydrogen-bond donors (Lipinski definition) is 3. The van der Waals surface area contributed by atoms with Gasteiger partial charge in [0.2, 0.25) is 0 Å². The van der Waals surface area contributed by atoms with Crippen molar-refractivity contribution in [3.8, 4) is 11.1 Å². The highest BCUT2D eigenvalue weighted by molar-refractivity contribution is 5.79. The molecular formula is C20H23NO4. The second kappa shape index (κ2) is 7.25. The van der Waals surface area contributed by atoms with Gasteiger partial charge in [0, 0.05) is 5.92 Å². The third kappa shape index (κ3) is 3.25. The van der Waals surface area contributed by atoms with Crippen molar-refractivity contribution >= 4 is 6.09 Å². The predicted octanol–water partition coefficient (Wildman–Crippen LogP) is 2.66. The Morgan fingerprint density at radius 3 is 2.04 bits per heavy atom. The number of alkyl carbamates (subject to hydrolysis) is 1. The van der Waals surface area contributed by atoms with Crippen LogP contribution in [0.25, 0.3) is 11.1 Å². The molecule has 0 bridgehead atoms. The van der Waals surface area contributed by atoms with E-state index in [0.717, 1.165) is 11.1 Å². The maximum atomic E-state index is 12.2. The van der Waals surface area contributed by atoms with E-state index >= 15 is 0 Å². The molecule has 0 saturated carbocycles. The number of amides is 1. The van der Waals surface area contributed by atoms with Gasteiger partial charge in [-0.15, -0.1) is 0 Å². The molecule has 0 fully saturated rings. The molecule has 0 radical (unpaired) electrons. The molecule has 0 aromatic heterocycles. The lowest BCUT2D eigenvalue weighted by Gasteiger charge is -2.29. The van der Waals surface area contributed by atoms with Gasteiger partial charge in [-0.05, 0) is 28.7 Å². The van der Waals surface area contributed by atoms with Crippen molar-refractivity contribution < 1.29 is 19.7 Å². The minimum absolute atomic E-state index is 0.0163. The maximum absolute atomic E-state index is 12.2. The van der Waals surface area contributed by atoms with Crippen LogP contribution in [0.2, 0.25) is 0 Å². The largest absolute Gasteiger partial charge is 0.449 e.